The van der Waals surface area contributed by atoms with Crippen LogP contribution in [0.3, 0.4) is 0 Å². The fourth-order valence-corrected chi connectivity index (χ4v) is 2.46. The van der Waals surface area contributed by atoms with Crippen molar-refractivity contribution in [2.24, 2.45) is 0 Å². The van der Waals surface area contributed by atoms with Gasteiger partial charge in [0.25, 0.3) is 5.56 Å². The molecular weight excluding hydrogens is 272 g/mol. The van der Waals surface area contributed by atoms with Crippen LogP contribution in [0, 0.1) is 0 Å². The van der Waals surface area contributed by atoms with E-state index in [0.717, 1.165) is 6.26 Å². The molecule has 78 valence electrons. The van der Waals surface area contributed by atoms with Gasteiger partial charge in [-0.15, -0.1) is 0 Å². The van der Waals surface area contributed by atoms with Crippen molar-refractivity contribution in [3.05, 3.63) is 25.4 Å². The van der Waals surface area contributed by atoms with Crippen molar-refractivity contribution in [2.75, 3.05) is 6.26 Å². The lowest BCUT2D eigenvalue weighted by atomic mass is 10.5. The number of sulfone groups is 1. The minimum Gasteiger partial charge on any atom is -0.310 e. The molecule has 0 aliphatic heterocycles. The molecule has 0 aliphatic carbocycles. The molecule has 0 aromatic carbocycles. The maximum Gasteiger partial charge on any atom is 0.269 e. The van der Waals surface area contributed by atoms with E-state index in [1.807, 2.05) is 4.98 Å². The lowest BCUT2D eigenvalue weighted by molar-refractivity contribution is 0.598. The van der Waals surface area contributed by atoms with Gasteiger partial charge < -0.3 is 4.98 Å². The van der Waals surface area contributed by atoms with Gasteiger partial charge in [-0.05, 0) is 0 Å². The van der Waals surface area contributed by atoms with Crippen LogP contribution in [0.2, 0.25) is 15.1 Å². The molecule has 0 saturated carbocycles. The molecule has 0 spiro atoms. The Balaban J connectivity index is 3.75. The van der Waals surface area contributed by atoms with Gasteiger partial charge in [-0.2, -0.15) is 0 Å². The maximum absolute atomic E-state index is 11.1. The van der Waals surface area contributed by atoms with Crippen LogP contribution in [-0.4, -0.2) is 19.7 Å². The molecule has 0 unspecified atom stereocenters. The van der Waals surface area contributed by atoms with E-state index in [1.165, 1.54) is 0 Å². The van der Waals surface area contributed by atoms with Crippen LogP contribution in [0.5, 0.6) is 0 Å². The van der Waals surface area contributed by atoms with Gasteiger partial charge in [0, 0.05) is 6.26 Å². The van der Waals surface area contributed by atoms with Crippen LogP contribution in [0.1, 0.15) is 0 Å². The minimum atomic E-state index is -3.63. The van der Waals surface area contributed by atoms with E-state index in [0.29, 0.717) is 0 Å². The molecule has 0 bridgehead atoms. The molecule has 0 fully saturated rings. The number of H-pyrrole nitrogens is 1. The van der Waals surface area contributed by atoms with Gasteiger partial charge in [-0.1, -0.05) is 34.8 Å². The quantitative estimate of drug-likeness (QED) is 0.849. The Labute approximate surface area is 94.7 Å². The van der Waals surface area contributed by atoms with Gasteiger partial charge >= 0.3 is 0 Å². The van der Waals surface area contributed by atoms with Crippen molar-refractivity contribution in [1.82, 2.24) is 4.98 Å². The highest BCUT2D eigenvalue weighted by Gasteiger charge is 2.19. The average Bonchev–Trinajstić information content (AvgIpc) is 2.06. The number of rotatable bonds is 1. The molecule has 4 nitrogen and oxygen atoms in total. The molecule has 0 aliphatic rings. The second-order valence-electron chi connectivity index (χ2n) is 2.50. The Bertz CT molecular complexity index is 534. The lowest BCUT2D eigenvalue weighted by Crippen LogP contribution is -2.14. The van der Waals surface area contributed by atoms with Crippen molar-refractivity contribution in [1.29, 1.82) is 0 Å². The Hall–Kier alpha value is -0.230. The third kappa shape index (κ3) is 2.06. The molecule has 0 atom stereocenters. The summed E-state index contributed by atoms with van der Waals surface area (Å²) in [6, 6.07) is 0. The fraction of sp³-hybridized carbons (Fsp3) is 0.167. The Morgan fingerprint density at radius 3 is 2.00 bits per heavy atom. The monoisotopic (exact) mass is 275 g/mol. The van der Waals surface area contributed by atoms with E-state index in [2.05, 4.69) is 0 Å². The Morgan fingerprint density at radius 1 is 1.07 bits per heavy atom. The molecule has 14 heavy (non-hydrogen) atoms. The summed E-state index contributed by atoms with van der Waals surface area (Å²) in [5.74, 6) is 0. The predicted molar refractivity (Wildman–Crippen MR) is 55.2 cm³/mol. The lowest BCUT2D eigenvalue weighted by Gasteiger charge is -2.03. The zero-order valence-electron chi connectivity index (χ0n) is 6.77. The first-order valence-electron chi connectivity index (χ1n) is 3.22. The number of aromatic amines is 1. The molecule has 1 aromatic rings. The van der Waals surface area contributed by atoms with E-state index in [4.69, 9.17) is 34.8 Å². The summed E-state index contributed by atoms with van der Waals surface area (Å²) in [6.07, 6.45) is 0.897. The van der Waals surface area contributed by atoms with Crippen LogP contribution < -0.4 is 5.56 Å². The van der Waals surface area contributed by atoms with Gasteiger partial charge in [0.15, 0.2) is 14.9 Å². The topological polar surface area (TPSA) is 67.0 Å². The summed E-state index contributed by atoms with van der Waals surface area (Å²) < 4.78 is 22.2. The van der Waals surface area contributed by atoms with Crippen LogP contribution in [0.4, 0.5) is 0 Å². The van der Waals surface area contributed by atoms with Gasteiger partial charge in [-0.3, -0.25) is 4.79 Å². The highest BCUT2D eigenvalue weighted by atomic mass is 35.5. The van der Waals surface area contributed by atoms with Crippen molar-refractivity contribution in [3.8, 4) is 0 Å². The molecule has 0 saturated heterocycles. The number of hydrogen-bond donors (Lipinski definition) is 1. The largest absolute Gasteiger partial charge is 0.310 e. The first-order chi connectivity index (χ1) is 6.25. The summed E-state index contributed by atoms with van der Waals surface area (Å²) >= 11 is 16.6. The predicted octanol–water partition coefficient (Wildman–Crippen LogP) is 1.74. The normalized spacial score (nSPS) is 11.7. The summed E-state index contributed by atoms with van der Waals surface area (Å²) in [4.78, 5) is 13.1. The molecule has 1 heterocycles. The summed E-state index contributed by atoms with van der Waals surface area (Å²) in [7, 11) is -3.63. The smallest absolute Gasteiger partial charge is 0.269 e. The number of aromatic nitrogens is 1. The molecule has 0 radical (unpaired) electrons. The first-order valence-corrected chi connectivity index (χ1v) is 6.24. The molecule has 8 heteroatoms. The number of hydrogen-bond acceptors (Lipinski definition) is 3. The summed E-state index contributed by atoms with van der Waals surface area (Å²) in [5, 5.41) is -1.31. The number of halogens is 3. The molecule has 1 aromatic heterocycles. The van der Waals surface area contributed by atoms with Crippen molar-refractivity contribution in [3.63, 3.8) is 0 Å². The highest BCUT2D eigenvalue weighted by Crippen LogP contribution is 2.30. The molecular formula is C6H4Cl3NO3S. The molecule has 1 N–H and O–H groups in total. The van der Waals surface area contributed by atoms with Crippen molar-refractivity contribution in [2.45, 2.75) is 5.03 Å². The van der Waals surface area contributed by atoms with Crippen molar-refractivity contribution < 1.29 is 8.42 Å². The standard InChI is InChI=1S/C6H4Cl3NO3S/c1-14(12,13)6-4(9)2(7)3(8)5(11)10-6/h1H3,(H,10,11). The van der Waals surface area contributed by atoms with E-state index < -0.39 is 20.4 Å². The molecule has 0 amide bonds. The number of nitrogens with one attached hydrogen (secondary N) is 1. The van der Waals surface area contributed by atoms with Crippen LogP contribution >= 0.6 is 34.8 Å². The van der Waals surface area contributed by atoms with E-state index in [-0.39, 0.29) is 15.1 Å². The number of pyridine rings is 1. The second-order valence-corrected chi connectivity index (χ2v) is 5.58. The zero-order chi connectivity index (χ0) is 11.1. The fourth-order valence-electron chi connectivity index (χ4n) is 0.764. The van der Waals surface area contributed by atoms with Crippen LogP contribution in [0.15, 0.2) is 9.82 Å². The van der Waals surface area contributed by atoms with Gasteiger partial charge in [0.1, 0.15) is 5.02 Å². The molecule has 1 rings (SSSR count). The van der Waals surface area contributed by atoms with E-state index >= 15 is 0 Å². The van der Waals surface area contributed by atoms with Crippen molar-refractivity contribution >= 4 is 44.6 Å². The van der Waals surface area contributed by atoms with Gasteiger partial charge in [-0.25, -0.2) is 8.42 Å². The van der Waals surface area contributed by atoms with Gasteiger partial charge in [0.05, 0.1) is 10.0 Å². The third-order valence-corrected chi connectivity index (χ3v) is 3.85. The average molecular weight is 277 g/mol. The Kier molecular flexibility index (Phi) is 3.16. The zero-order valence-corrected chi connectivity index (χ0v) is 9.85. The van der Waals surface area contributed by atoms with Gasteiger partial charge in [0.2, 0.25) is 0 Å². The third-order valence-electron chi connectivity index (χ3n) is 1.38. The Morgan fingerprint density at radius 2 is 1.57 bits per heavy atom. The summed E-state index contributed by atoms with van der Waals surface area (Å²) in [6.45, 7) is 0. The second kappa shape index (κ2) is 3.73. The van der Waals surface area contributed by atoms with E-state index in [1.54, 1.807) is 0 Å². The van der Waals surface area contributed by atoms with Crippen LogP contribution in [0.25, 0.3) is 0 Å². The minimum absolute atomic E-state index is 0.266. The summed E-state index contributed by atoms with van der Waals surface area (Å²) in [5.41, 5.74) is -0.790. The highest BCUT2D eigenvalue weighted by molar-refractivity contribution is 7.90. The van der Waals surface area contributed by atoms with Crippen LogP contribution in [-0.2, 0) is 9.84 Å². The maximum atomic E-state index is 11.1. The van der Waals surface area contributed by atoms with E-state index in [9.17, 15) is 13.2 Å². The SMILES string of the molecule is CS(=O)(=O)c1[nH]c(=O)c(Cl)c(Cl)c1Cl. The first kappa shape index (κ1) is 11.8.